The Morgan fingerprint density at radius 3 is 1.31 bits per heavy atom. The number of benzene rings is 3. The Balaban J connectivity index is 2.23. The van der Waals surface area contributed by atoms with E-state index in [1.165, 1.54) is 18.2 Å². The Bertz CT molecular complexity index is 828. The summed E-state index contributed by atoms with van der Waals surface area (Å²) in [6, 6.07) is 19.3. The van der Waals surface area contributed by atoms with E-state index >= 15 is 13.2 Å². The Morgan fingerprint density at radius 2 is 0.931 bits per heavy atom. The zero-order chi connectivity index (χ0) is 20.7. The second kappa shape index (κ2) is 9.82. The van der Waals surface area contributed by atoms with E-state index in [4.69, 9.17) is 0 Å². The molecule has 3 aromatic carbocycles. The number of hydrogen-bond donors (Lipinski definition) is 0. The second-order valence-electron chi connectivity index (χ2n) is 7.81. The largest absolute Gasteiger partial charge is 0.210 e. The molecule has 4 heteroatoms. The molecular formula is C25H27BF3-. The summed E-state index contributed by atoms with van der Waals surface area (Å²) in [6.07, 6.45) is 3.39. The van der Waals surface area contributed by atoms with Gasteiger partial charge in [0.05, 0.1) is 23.6 Å². The van der Waals surface area contributed by atoms with Crippen LogP contribution in [0.5, 0.6) is 0 Å². The van der Waals surface area contributed by atoms with Crippen molar-refractivity contribution >= 4 is 22.5 Å². The molecule has 0 aliphatic carbocycles. The third kappa shape index (κ3) is 4.42. The minimum Gasteiger partial charge on any atom is -0.210 e. The average molecular weight is 395 g/mol. The first-order chi connectivity index (χ1) is 14.1. The van der Waals surface area contributed by atoms with Crippen LogP contribution in [0.4, 0.5) is 13.2 Å². The fraction of sp³-hybridized carbons (Fsp3) is 0.280. The van der Waals surface area contributed by atoms with Crippen molar-refractivity contribution < 1.29 is 13.2 Å². The highest BCUT2D eigenvalue weighted by molar-refractivity contribution is 7.11. The van der Waals surface area contributed by atoms with E-state index < -0.39 is 23.6 Å². The smallest absolute Gasteiger partial charge is 0.0922 e. The van der Waals surface area contributed by atoms with Crippen molar-refractivity contribution in [3.8, 4) is 0 Å². The predicted molar refractivity (Wildman–Crippen MR) is 117 cm³/mol. The topological polar surface area (TPSA) is 0 Å². The summed E-state index contributed by atoms with van der Waals surface area (Å²) in [5.41, 5.74) is 1.12. The maximum atomic E-state index is 15.1. The molecule has 0 radical (unpaired) electrons. The molecule has 152 valence electrons. The van der Waals surface area contributed by atoms with Gasteiger partial charge in [0.25, 0.3) is 0 Å². The lowest BCUT2D eigenvalue weighted by atomic mass is 9.13. The fourth-order valence-electron chi connectivity index (χ4n) is 4.65. The van der Waals surface area contributed by atoms with Crippen LogP contribution < -0.4 is 16.4 Å². The third-order valence-electron chi connectivity index (χ3n) is 6.05. The van der Waals surface area contributed by atoms with Crippen LogP contribution in [0.2, 0.25) is 6.32 Å². The lowest BCUT2D eigenvalue weighted by Gasteiger charge is -2.43. The predicted octanol–water partition coefficient (Wildman–Crippen LogP) is 5.54. The Hall–Kier alpha value is -2.49. The molecule has 29 heavy (non-hydrogen) atoms. The molecule has 0 aliphatic heterocycles. The first kappa shape index (κ1) is 21.2. The van der Waals surface area contributed by atoms with E-state index in [2.05, 4.69) is 6.92 Å². The van der Waals surface area contributed by atoms with Gasteiger partial charge in [0.2, 0.25) is 0 Å². The average Bonchev–Trinajstić information content (AvgIpc) is 2.73. The molecule has 0 saturated carbocycles. The Labute approximate surface area is 171 Å². The lowest BCUT2D eigenvalue weighted by Crippen LogP contribution is -2.69. The molecular weight excluding hydrogens is 368 g/mol. The highest BCUT2D eigenvalue weighted by Crippen LogP contribution is 2.21. The van der Waals surface area contributed by atoms with Crippen molar-refractivity contribution in [2.24, 2.45) is 0 Å². The highest BCUT2D eigenvalue weighted by Gasteiger charge is 2.35. The van der Waals surface area contributed by atoms with Crippen molar-refractivity contribution in [3.05, 3.63) is 90.2 Å². The van der Waals surface area contributed by atoms with Gasteiger partial charge in [0.1, 0.15) is 0 Å². The SMILES string of the molecule is CCCCCCC[B-](c1ccccc1F)(c1ccccc1F)c1ccccc1F. The van der Waals surface area contributed by atoms with Gasteiger partial charge in [-0.15, -0.1) is 0 Å². The first-order valence-corrected chi connectivity index (χ1v) is 10.5. The van der Waals surface area contributed by atoms with Gasteiger partial charge < -0.3 is 0 Å². The molecule has 0 unspecified atom stereocenters. The molecule has 0 bridgehead atoms. The van der Waals surface area contributed by atoms with Crippen LogP contribution in [0.15, 0.2) is 72.8 Å². The van der Waals surface area contributed by atoms with Gasteiger partial charge in [-0.2, -0.15) is 22.7 Å². The minimum atomic E-state index is -2.13. The van der Waals surface area contributed by atoms with Crippen molar-refractivity contribution in [3.63, 3.8) is 0 Å². The van der Waals surface area contributed by atoms with Crippen LogP contribution >= 0.6 is 0 Å². The monoisotopic (exact) mass is 395 g/mol. The van der Waals surface area contributed by atoms with E-state index in [9.17, 15) is 0 Å². The quantitative estimate of drug-likeness (QED) is 0.330. The summed E-state index contributed by atoms with van der Waals surface area (Å²) in [5.74, 6) is -1.27. The summed E-state index contributed by atoms with van der Waals surface area (Å²) < 4.78 is 45.4. The molecule has 0 heterocycles. The maximum absolute atomic E-state index is 15.1. The molecule has 0 nitrogen and oxygen atoms in total. The summed E-state index contributed by atoms with van der Waals surface area (Å²) in [6.45, 7) is 2.15. The van der Waals surface area contributed by atoms with Crippen LogP contribution in [-0.4, -0.2) is 6.15 Å². The van der Waals surface area contributed by atoms with E-state index in [0.717, 1.165) is 32.1 Å². The van der Waals surface area contributed by atoms with Crippen molar-refractivity contribution in [1.29, 1.82) is 0 Å². The summed E-state index contributed by atoms with van der Waals surface area (Å²) >= 11 is 0. The molecule has 3 rings (SSSR count). The van der Waals surface area contributed by atoms with E-state index in [0.29, 0.717) is 22.7 Å². The van der Waals surface area contributed by atoms with Crippen molar-refractivity contribution in [2.75, 3.05) is 0 Å². The molecule has 0 spiro atoms. The van der Waals surface area contributed by atoms with Gasteiger partial charge in [-0.3, -0.25) is 0 Å². The zero-order valence-electron chi connectivity index (χ0n) is 16.9. The molecule has 0 amide bonds. The minimum absolute atomic E-state index is 0.373. The third-order valence-corrected chi connectivity index (χ3v) is 6.05. The van der Waals surface area contributed by atoms with Gasteiger partial charge in [0, 0.05) is 0 Å². The summed E-state index contributed by atoms with van der Waals surface area (Å²) in [5, 5.41) is 0. The molecule has 0 saturated heterocycles. The first-order valence-electron chi connectivity index (χ1n) is 10.5. The van der Waals surface area contributed by atoms with Crippen LogP contribution in [0.3, 0.4) is 0 Å². The maximum Gasteiger partial charge on any atom is 0.0922 e. The van der Waals surface area contributed by atoms with Gasteiger partial charge in [-0.1, -0.05) is 93.6 Å². The Kier molecular flexibility index (Phi) is 7.19. The second-order valence-corrected chi connectivity index (χ2v) is 7.81. The number of halogens is 3. The van der Waals surface area contributed by atoms with Gasteiger partial charge in [0.15, 0.2) is 0 Å². The lowest BCUT2D eigenvalue weighted by molar-refractivity contribution is 0.626. The molecule has 0 aromatic heterocycles. The molecule has 0 fully saturated rings. The molecule has 0 N–H and O–H groups in total. The highest BCUT2D eigenvalue weighted by atomic mass is 19.1. The van der Waals surface area contributed by atoms with Gasteiger partial charge in [-0.05, 0) is 18.2 Å². The molecule has 3 aromatic rings. The number of hydrogen-bond acceptors (Lipinski definition) is 0. The number of rotatable bonds is 9. The van der Waals surface area contributed by atoms with Crippen molar-refractivity contribution in [1.82, 2.24) is 0 Å². The standard InChI is InChI=1S/C25H27BF3/c1-2-3-4-5-12-19-26(20-13-6-9-16-23(20)27,21-14-7-10-17-24(21)28)22-15-8-11-18-25(22)29/h6-11,13-18H,2-5,12,19H2,1H3/q-1. The van der Waals surface area contributed by atoms with Crippen LogP contribution in [0.1, 0.15) is 39.0 Å². The molecule has 0 aliphatic rings. The van der Waals surface area contributed by atoms with E-state index in [1.54, 1.807) is 54.6 Å². The van der Waals surface area contributed by atoms with Crippen LogP contribution in [0.25, 0.3) is 0 Å². The normalized spacial score (nSPS) is 11.6. The number of unbranched alkanes of at least 4 members (excludes halogenated alkanes) is 4. The van der Waals surface area contributed by atoms with Crippen LogP contribution in [-0.2, 0) is 0 Å². The van der Waals surface area contributed by atoms with Gasteiger partial charge >= 0.3 is 0 Å². The molecule has 0 atom stereocenters. The summed E-state index contributed by atoms with van der Waals surface area (Å²) in [7, 11) is 0. The zero-order valence-corrected chi connectivity index (χ0v) is 16.9. The summed E-state index contributed by atoms with van der Waals surface area (Å²) in [4.78, 5) is 0. The van der Waals surface area contributed by atoms with E-state index in [1.807, 2.05) is 0 Å². The van der Waals surface area contributed by atoms with E-state index in [-0.39, 0.29) is 0 Å². The van der Waals surface area contributed by atoms with Crippen LogP contribution in [0, 0.1) is 17.5 Å². The Morgan fingerprint density at radius 1 is 0.552 bits per heavy atom. The fourth-order valence-corrected chi connectivity index (χ4v) is 4.65. The van der Waals surface area contributed by atoms with Crippen molar-refractivity contribution in [2.45, 2.75) is 45.3 Å². The van der Waals surface area contributed by atoms with Gasteiger partial charge in [-0.25, -0.2) is 13.2 Å².